The number of fused-ring (bicyclic) bond motifs is 1. The van der Waals surface area contributed by atoms with Gasteiger partial charge in [0.2, 0.25) is 11.8 Å². The largest absolute Gasteiger partial charge is 0.493 e. The molecule has 2 amide bonds. The fraction of sp³-hybridized carbons (Fsp3) is 0.467. The van der Waals surface area contributed by atoms with Crippen LogP contribution < -0.4 is 10.1 Å². The van der Waals surface area contributed by atoms with E-state index in [0.717, 1.165) is 23.3 Å². The highest BCUT2D eigenvalue weighted by Crippen LogP contribution is 2.33. The minimum Gasteiger partial charge on any atom is -0.493 e. The van der Waals surface area contributed by atoms with Gasteiger partial charge in [-0.1, -0.05) is 18.5 Å². The molecule has 1 atom stereocenters. The first-order chi connectivity index (χ1) is 10.1. The number of rotatable bonds is 3. The van der Waals surface area contributed by atoms with Gasteiger partial charge in [0, 0.05) is 17.0 Å². The van der Waals surface area contributed by atoms with Crippen molar-refractivity contribution in [1.82, 2.24) is 10.2 Å². The molecule has 21 heavy (non-hydrogen) atoms. The number of amides is 2. The number of nitrogens with one attached hydrogen (secondary N) is 1. The van der Waals surface area contributed by atoms with Crippen LogP contribution in [0.3, 0.4) is 0 Å². The van der Waals surface area contributed by atoms with E-state index in [1.165, 1.54) is 4.90 Å². The Morgan fingerprint density at radius 1 is 1.43 bits per heavy atom. The lowest BCUT2D eigenvalue weighted by atomic mass is 10.1. The predicted molar refractivity (Wildman–Crippen MR) is 78.3 cm³/mol. The van der Waals surface area contributed by atoms with Gasteiger partial charge in [-0.2, -0.15) is 0 Å². The molecular weight excluding hydrogens is 292 g/mol. The van der Waals surface area contributed by atoms with Gasteiger partial charge < -0.3 is 4.74 Å². The van der Waals surface area contributed by atoms with Gasteiger partial charge in [0.1, 0.15) is 5.75 Å². The van der Waals surface area contributed by atoms with Crippen LogP contribution in [0.25, 0.3) is 0 Å². The summed E-state index contributed by atoms with van der Waals surface area (Å²) in [5.41, 5.74) is 1.84. The zero-order valence-electron chi connectivity index (χ0n) is 11.8. The molecule has 5 nitrogen and oxygen atoms in total. The molecule has 0 spiro atoms. The van der Waals surface area contributed by atoms with Crippen molar-refractivity contribution < 1.29 is 14.3 Å². The summed E-state index contributed by atoms with van der Waals surface area (Å²) in [6.45, 7) is 2.94. The summed E-state index contributed by atoms with van der Waals surface area (Å²) in [6.07, 6.45) is 1.47. The predicted octanol–water partition coefficient (Wildman–Crippen LogP) is 1.51. The minimum absolute atomic E-state index is 0.180. The number of carbonyl (C=O) groups excluding carboxylic acids is 2. The summed E-state index contributed by atoms with van der Waals surface area (Å²) < 4.78 is 5.63. The third kappa shape index (κ3) is 2.63. The van der Waals surface area contributed by atoms with Crippen molar-refractivity contribution in [3.05, 3.63) is 28.3 Å². The molecule has 0 aromatic heterocycles. The number of halogens is 1. The van der Waals surface area contributed by atoms with Gasteiger partial charge in [0.15, 0.2) is 0 Å². The maximum atomic E-state index is 12.3. The Hall–Kier alpha value is -1.59. The molecule has 1 fully saturated rings. The van der Waals surface area contributed by atoms with Crippen LogP contribution in [0.15, 0.2) is 12.1 Å². The second-order valence-electron chi connectivity index (χ2n) is 5.31. The molecule has 1 aromatic carbocycles. The Morgan fingerprint density at radius 3 is 3.00 bits per heavy atom. The first-order valence-electron chi connectivity index (χ1n) is 7.12. The third-order valence-electron chi connectivity index (χ3n) is 3.93. The summed E-state index contributed by atoms with van der Waals surface area (Å²) in [4.78, 5) is 25.7. The van der Waals surface area contributed by atoms with E-state index in [0.29, 0.717) is 18.1 Å². The smallest absolute Gasteiger partial charge is 0.246 e. The lowest BCUT2D eigenvalue weighted by molar-refractivity contribution is -0.150. The van der Waals surface area contributed by atoms with Crippen LogP contribution in [0.2, 0.25) is 5.02 Å². The molecule has 1 unspecified atom stereocenters. The van der Waals surface area contributed by atoms with Crippen LogP contribution in [0.4, 0.5) is 0 Å². The van der Waals surface area contributed by atoms with Gasteiger partial charge in [-0.3, -0.25) is 19.8 Å². The van der Waals surface area contributed by atoms with E-state index in [2.05, 4.69) is 5.32 Å². The lowest BCUT2D eigenvalue weighted by Gasteiger charge is -2.31. The molecule has 0 radical (unpaired) electrons. The van der Waals surface area contributed by atoms with E-state index in [1.54, 1.807) is 6.07 Å². The van der Waals surface area contributed by atoms with Crippen molar-refractivity contribution in [1.29, 1.82) is 0 Å². The Balaban J connectivity index is 1.89. The SMILES string of the molecule is CCC1NCC(=O)N(Cc2cc(Cl)cc3c2OCC3)C1=O. The second-order valence-corrected chi connectivity index (χ2v) is 5.75. The first kappa shape index (κ1) is 14.4. The summed E-state index contributed by atoms with van der Waals surface area (Å²) >= 11 is 6.12. The highest BCUT2D eigenvalue weighted by molar-refractivity contribution is 6.30. The van der Waals surface area contributed by atoms with E-state index >= 15 is 0 Å². The van der Waals surface area contributed by atoms with E-state index in [9.17, 15) is 9.59 Å². The highest BCUT2D eigenvalue weighted by atomic mass is 35.5. The van der Waals surface area contributed by atoms with Crippen molar-refractivity contribution in [2.24, 2.45) is 0 Å². The normalized spacial score (nSPS) is 21.4. The summed E-state index contributed by atoms with van der Waals surface area (Å²) in [7, 11) is 0. The van der Waals surface area contributed by atoms with E-state index < -0.39 is 0 Å². The quantitative estimate of drug-likeness (QED) is 0.860. The second kappa shape index (κ2) is 5.66. The van der Waals surface area contributed by atoms with Crippen molar-refractivity contribution in [2.75, 3.05) is 13.2 Å². The minimum atomic E-state index is -0.296. The van der Waals surface area contributed by atoms with Crippen LogP contribution in [-0.4, -0.2) is 35.9 Å². The highest BCUT2D eigenvalue weighted by Gasteiger charge is 2.33. The molecule has 0 saturated carbocycles. The van der Waals surface area contributed by atoms with Gasteiger partial charge in [0.05, 0.1) is 25.7 Å². The van der Waals surface area contributed by atoms with Crippen molar-refractivity contribution in [2.45, 2.75) is 32.4 Å². The van der Waals surface area contributed by atoms with Crippen molar-refractivity contribution in [3.63, 3.8) is 0 Å². The monoisotopic (exact) mass is 308 g/mol. The zero-order valence-corrected chi connectivity index (χ0v) is 12.6. The molecule has 0 bridgehead atoms. The molecule has 1 N–H and O–H groups in total. The summed E-state index contributed by atoms with van der Waals surface area (Å²) in [5.74, 6) is 0.378. The van der Waals surface area contributed by atoms with E-state index in [1.807, 2.05) is 13.0 Å². The number of ether oxygens (including phenoxy) is 1. The van der Waals surface area contributed by atoms with Crippen LogP contribution >= 0.6 is 11.6 Å². The standard InChI is InChI=1S/C15H17ClN2O3/c1-2-12-15(20)18(13(19)7-17-12)8-10-6-11(16)5-9-3-4-21-14(9)10/h5-6,12,17H,2-4,7-8H2,1H3. The molecule has 2 heterocycles. The maximum absolute atomic E-state index is 12.3. The number of hydrogen-bond acceptors (Lipinski definition) is 4. The van der Waals surface area contributed by atoms with E-state index in [-0.39, 0.29) is 30.9 Å². The Bertz CT molecular complexity index is 603. The number of imide groups is 1. The average Bonchev–Trinajstić information content (AvgIpc) is 2.91. The Labute approximate surface area is 128 Å². The molecule has 112 valence electrons. The first-order valence-corrected chi connectivity index (χ1v) is 7.49. The van der Waals surface area contributed by atoms with Crippen molar-refractivity contribution in [3.8, 4) is 5.75 Å². The fourth-order valence-corrected chi connectivity index (χ4v) is 3.09. The zero-order chi connectivity index (χ0) is 15.0. The number of benzene rings is 1. The molecule has 2 aliphatic heterocycles. The molecular formula is C15H17ClN2O3. The molecule has 1 saturated heterocycles. The van der Waals surface area contributed by atoms with Crippen molar-refractivity contribution >= 4 is 23.4 Å². The van der Waals surface area contributed by atoms with Crippen LogP contribution in [0.1, 0.15) is 24.5 Å². The third-order valence-corrected chi connectivity index (χ3v) is 4.15. The van der Waals surface area contributed by atoms with E-state index in [4.69, 9.17) is 16.3 Å². The number of carbonyl (C=O) groups is 2. The number of nitrogens with zero attached hydrogens (tertiary/aromatic N) is 1. The number of piperazine rings is 1. The molecule has 2 aliphatic rings. The maximum Gasteiger partial charge on any atom is 0.246 e. The van der Waals surface area contributed by atoms with Crippen LogP contribution in [0.5, 0.6) is 5.75 Å². The molecule has 3 rings (SSSR count). The summed E-state index contributed by atoms with van der Waals surface area (Å²) in [6, 6.07) is 3.36. The fourth-order valence-electron chi connectivity index (χ4n) is 2.82. The lowest BCUT2D eigenvalue weighted by Crippen LogP contribution is -2.57. The van der Waals surface area contributed by atoms with Crippen LogP contribution in [0, 0.1) is 0 Å². The molecule has 6 heteroatoms. The van der Waals surface area contributed by atoms with Gasteiger partial charge in [-0.25, -0.2) is 0 Å². The van der Waals surface area contributed by atoms with Gasteiger partial charge >= 0.3 is 0 Å². The Kier molecular flexibility index (Phi) is 3.87. The molecule has 1 aromatic rings. The summed E-state index contributed by atoms with van der Waals surface area (Å²) in [5, 5.41) is 3.56. The van der Waals surface area contributed by atoms with Gasteiger partial charge in [0.25, 0.3) is 0 Å². The van der Waals surface area contributed by atoms with Gasteiger partial charge in [-0.15, -0.1) is 0 Å². The van der Waals surface area contributed by atoms with Gasteiger partial charge in [-0.05, 0) is 24.1 Å². The average molecular weight is 309 g/mol. The number of hydrogen-bond donors (Lipinski definition) is 1. The Morgan fingerprint density at radius 2 is 2.24 bits per heavy atom. The molecule has 0 aliphatic carbocycles. The van der Waals surface area contributed by atoms with Crippen LogP contribution in [-0.2, 0) is 22.6 Å². The topological polar surface area (TPSA) is 58.6 Å².